The largest absolute Gasteiger partial charge is 0.384 e. The summed E-state index contributed by atoms with van der Waals surface area (Å²) < 4.78 is 0. The molecule has 1 heterocycles. The van der Waals surface area contributed by atoms with Crippen LogP contribution in [0.4, 0.5) is 5.69 Å². The van der Waals surface area contributed by atoms with Gasteiger partial charge in [-0.25, -0.2) is 4.98 Å². The van der Waals surface area contributed by atoms with Gasteiger partial charge >= 0.3 is 0 Å². The second kappa shape index (κ2) is 6.53. The van der Waals surface area contributed by atoms with Gasteiger partial charge in [-0.1, -0.05) is 11.8 Å². The standard InChI is InChI=1S/C16H16N2O2S/c1-10-9-14(7-6-13(10)5-4-8-19)18-16(20)15-11(2)17-12(3)21-15/h6-7,9,19H,8H2,1-3H3,(H,18,20). The number of carbonyl (C=O) groups excluding carboxylic acids is 1. The summed E-state index contributed by atoms with van der Waals surface area (Å²) in [5.41, 5.74) is 3.26. The van der Waals surface area contributed by atoms with E-state index >= 15 is 0 Å². The smallest absolute Gasteiger partial charge is 0.267 e. The van der Waals surface area contributed by atoms with E-state index in [1.807, 2.05) is 32.9 Å². The minimum atomic E-state index is -0.165. The highest BCUT2D eigenvalue weighted by molar-refractivity contribution is 7.13. The Morgan fingerprint density at radius 3 is 2.71 bits per heavy atom. The number of rotatable bonds is 2. The summed E-state index contributed by atoms with van der Waals surface area (Å²) in [7, 11) is 0. The lowest BCUT2D eigenvalue weighted by atomic mass is 10.1. The maximum Gasteiger partial charge on any atom is 0.267 e. The molecule has 4 nitrogen and oxygen atoms in total. The molecular weight excluding hydrogens is 284 g/mol. The Labute approximate surface area is 127 Å². The SMILES string of the molecule is Cc1nc(C)c(C(=O)Nc2ccc(C#CCO)c(C)c2)s1. The number of anilines is 1. The first kappa shape index (κ1) is 15.2. The minimum absolute atomic E-state index is 0.147. The Hall–Kier alpha value is -2.16. The first-order valence-electron chi connectivity index (χ1n) is 6.47. The molecule has 0 spiro atoms. The molecule has 1 aromatic heterocycles. The molecule has 0 saturated carbocycles. The molecule has 2 aromatic rings. The van der Waals surface area contributed by atoms with Crippen LogP contribution >= 0.6 is 11.3 Å². The molecule has 0 fully saturated rings. The summed E-state index contributed by atoms with van der Waals surface area (Å²) in [5, 5.41) is 12.5. The van der Waals surface area contributed by atoms with Crippen LogP contribution in [0, 0.1) is 32.6 Å². The average molecular weight is 300 g/mol. The van der Waals surface area contributed by atoms with Gasteiger partial charge in [0.05, 0.1) is 10.7 Å². The van der Waals surface area contributed by atoms with E-state index < -0.39 is 0 Å². The third-order valence-corrected chi connectivity index (χ3v) is 3.97. The van der Waals surface area contributed by atoms with Crippen LogP contribution in [0.2, 0.25) is 0 Å². The topological polar surface area (TPSA) is 62.2 Å². The van der Waals surface area contributed by atoms with Gasteiger partial charge in [0, 0.05) is 11.3 Å². The molecule has 21 heavy (non-hydrogen) atoms. The summed E-state index contributed by atoms with van der Waals surface area (Å²) in [5.74, 6) is 5.33. The highest BCUT2D eigenvalue weighted by Gasteiger charge is 2.14. The van der Waals surface area contributed by atoms with Crippen LogP contribution in [0.5, 0.6) is 0 Å². The molecule has 0 aliphatic heterocycles. The molecular formula is C16H16N2O2S. The summed E-state index contributed by atoms with van der Waals surface area (Å²) in [6.07, 6.45) is 0. The first-order valence-corrected chi connectivity index (χ1v) is 7.28. The zero-order valence-corrected chi connectivity index (χ0v) is 13.0. The van der Waals surface area contributed by atoms with Crippen LogP contribution in [0.25, 0.3) is 0 Å². The van der Waals surface area contributed by atoms with Crippen LogP contribution in [-0.4, -0.2) is 22.6 Å². The molecule has 0 atom stereocenters. The number of carbonyl (C=O) groups is 1. The summed E-state index contributed by atoms with van der Waals surface area (Å²) in [6.45, 7) is 5.46. The molecule has 1 aromatic carbocycles. The summed E-state index contributed by atoms with van der Waals surface area (Å²) >= 11 is 1.39. The number of amides is 1. The van der Waals surface area contributed by atoms with Crippen LogP contribution in [0.1, 0.15) is 31.5 Å². The number of thiazole rings is 1. The van der Waals surface area contributed by atoms with Gasteiger partial charge in [-0.3, -0.25) is 4.79 Å². The highest BCUT2D eigenvalue weighted by Crippen LogP contribution is 2.20. The number of hydrogen-bond acceptors (Lipinski definition) is 4. The number of benzene rings is 1. The molecule has 108 valence electrons. The molecule has 0 bridgehead atoms. The molecule has 0 aliphatic carbocycles. The van der Waals surface area contributed by atoms with Crippen molar-refractivity contribution in [1.82, 2.24) is 4.98 Å². The van der Waals surface area contributed by atoms with Gasteiger partial charge in [0.2, 0.25) is 0 Å². The van der Waals surface area contributed by atoms with E-state index in [1.165, 1.54) is 11.3 Å². The quantitative estimate of drug-likeness (QED) is 0.838. The minimum Gasteiger partial charge on any atom is -0.384 e. The fourth-order valence-corrected chi connectivity index (χ4v) is 2.76. The molecule has 0 aliphatic rings. The zero-order valence-electron chi connectivity index (χ0n) is 12.2. The average Bonchev–Trinajstić information content (AvgIpc) is 2.77. The number of nitrogens with zero attached hydrogens (tertiary/aromatic N) is 1. The fourth-order valence-electron chi connectivity index (χ4n) is 1.95. The van der Waals surface area contributed by atoms with E-state index in [0.29, 0.717) is 4.88 Å². The lowest BCUT2D eigenvalue weighted by molar-refractivity contribution is 0.103. The van der Waals surface area contributed by atoms with Gasteiger partial charge in [-0.15, -0.1) is 11.3 Å². The van der Waals surface area contributed by atoms with Crippen molar-refractivity contribution in [1.29, 1.82) is 0 Å². The number of hydrogen-bond donors (Lipinski definition) is 2. The fraction of sp³-hybridized carbons (Fsp3) is 0.250. The van der Waals surface area contributed by atoms with Gasteiger partial charge in [-0.05, 0) is 44.5 Å². The van der Waals surface area contributed by atoms with Crippen LogP contribution in [0.3, 0.4) is 0 Å². The number of aliphatic hydroxyl groups excluding tert-OH is 1. The van der Waals surface area contributed by atoms with Crippen molar-refractivity contribution in [3.8, 4) is 11.8 Å². The van der Waals surface area contributed by atoms with Crippen molar-refractivity contribution in [2.45, 2.75) is 20.8 Å². The maximum atomic E-state index is 12.2. The van der Waals surface area contributed by atoms with Crippen LogP contribution in [-0.2, 0) is 0 Å². The molecule has 2 N–H and O–H groups in total. The molecule has 5 heteroatoms. The van der Waals surface area contributed by atoms with Gasteiger partial charge in [0.1, 0.15) is 11.5 Å². The predicted octanol–water partition coefficient (Wildman–Crippen LogP) is 2.66. The van der Waals surface area contributed by atoms with Crippen LogP contribution < -0.4 is 5.32 Å². The van der Waals surface area contributed by atoms with E-state index in [0.717, 1.165) is 27.5 Å². The monoisotopic (exact) mass is 300 g/mol. The first-order chi connectivity index (χ1) is 10.0. The molecule has 0 saturated heterocycles. The van der Waals surface area contributed by atoms with E-state index in [2.05, 4.69) is 22.1 Å². The Balaban J connectivity index is 2.18. The van der Waals surface area contributed by atoms with E-state index in [9.17, 15) is 4.79 Å². The second-order valence-electron chi connectivity index (χ2n) is 4.59. The Morgan fingerprint density at radius 1 is 1.38 bits per heavy atom. The van der Waals surface area contributed by atoms with Crippen molar-refractivity contribution in [2.24, 2.45) is 0 Å². The van der Waals surface area contributed by atoms with Gasteiger partial charge < -0.3 is 10.4 Å². The zero-order chi connectivity index (χ0) is 15.4. The summed E-state index contributed by atoms with van der Waals surface area (Å²) in [6, 6.07) is 5.50. The lowest BCUT2D eigenvalue weighted by Crippen LogP contribution is -2.11. The van der Waals surface area contributed by atoms with Crippen LogP contribution in [0.15, 0.2) is 18.2 Å². The normalized spacial score (nSPS) is 9.90. The number of aliphatic hydroxyl groups is 1. The van der Waals surface area contributed by atoms with E-state index in [1.54, 1.807) is 6.07 Å². The molecule has 0 radical (unpaired) electrons. The Kier molecular flexibility index (Phi) is 4.73. The van der Waals surface area contributed by atoms with Gasteiger partial charge in [0.15, 0.2) is 0 Å². The van der Waals surface area contributed by atoms with E-state index in [-0.39, 0.29) is 12.5 Å². The van der Waals surface area contributed by atoms with E-state index in [4.69, 9.17) is 5.11 Å². The number of nitrogens with one attached hydrogen (secondary N) is 1. The number of aryl methyl sites for hydroxylation is 3. The Bertz CT molecular complexity index is 738. The third-order valence-electron chi connectivity index (χ3n) is 2.90. The lowest BCUT2D eigenvalue weighted by Gasteiger charge is -2.06. The van der Waals surface area contributed by atoms with Gasteiger partial charge in [0.25, 0.3) is 5.91 Å². The summed E-state index contributed by atoms with van der Waals surface area (Å²) in [4.78, 5) is 17.1. The maximum absolute atomic E-state index is 12.2. The van der Waals surface area contributed by atoms with Crippen molar-refractivity contribution in [3.05, 3.63) is 44.9 Å². The van der Waals surface area contributed by atoms with Gasteiger partial charge in [-0.2, -0.15) is 0 Å². The highest BCUT2D eigenvalue weighted by atomic mass is 32.1. The van der Waals surface area contributed by atoms with Crippen molar-refractivity contribution in [2.75, 3.05) is 11.9 Å². The molecule has 2 rings (SSSR count). The second-order valence-corrected chi connectivity index (χ2v) is 5.79. The van der Waals surface area contributed by atoms with Crippen molar-refractivity contribution in [3.63, 3.8) is 0 Å². The third kappa shape index (κ3) is 3.69. The predicted molar refractivity (Wildman–Crippen MR) is 84.7 cm³/mol. The molecule has 0 unspecified atom stereocenters. The number of aromatic nitrogens is 1. The van der Waals surface area contributed by atoms with Crippen molar-refractivity contribution >= 4 is 22.9 Å². The molecule has 1 amide bonds. The Morgan fingerprint density at radius 2 is 2.14 bits per heavy atom. The van der Waals surface area contributed by atoms with Crippen molar-refractivity contribution < 1.29 is 9.90 Å².